The maximum Gasteiger partial charge on any atom is 0.412 e. The maximum atomic E-state index is 13.0. The SMILES string of the molecule is CC.CC.COc1ccc2c3c1O[C@H]1C3C(CCC13OCCO3)C(NC(=O)OC1=CC(C)CC(C)C=C1)C2. The third-order valence-corrected chi connectivity index (χ3v) is 8.12. The average Bonchev–Trinajstić information content (AvgIpc) is 3.53. The van der Waals surface area contributed by atoms with E-state index in [0.29, 0.717) is 30.8 Å². The van der Waals surface area contributed by atoms with Gasteiger partial charge < -0.3 is 29.0 Å². The quantitative estimate of drug-likeness (QED) is 0.483. The summed E-state index contributed by atoms with van der Waals surface area (Å²) in [7, 11) is 1.67. The number of alkyl carbamates (subject to hydrolysis) is 1. The van der Waals surface area contributed by atoms with E-state index >= 15 is 0 Å². The Morgan fingerprint density at radius 3 is 2.53 bits per heavy atom. The molecule has 3 aliphatic carbocycles. The molecule has 5 aliphatic rings. The van der Waals surface area contributed by atoms with Gasteiger partial charge in [0.05, 0.1) is 20.3 Å². The Morgan fingerprint density at radius 1 is 1.08 bits per heavy atom. The topological polar surface area (TPSA) is 75.3 Å². The van der Waals surface area contributed by atoms with Gasteiger partial charge in [0.25, 0.3) is 0 Å². The lowest BCUT2D eigenvalue weighted by atomic mass is 9.63. The summed E-state index contributed by atoms with van der Waals surface area (Å²) in [5.74, 6) is 2.53. The molecule has 210 valence electrons. The zero-order valence-electron chi connectivity index (χ0n) is 24.0. The van der Waals surface area contributed by atoms with Gasteiger partial charge >= 0.3 is 6.09 Å². The fourth-order valence-electron chi connectivity index (χ4n) is 6.75. The minimum atomic E-state index is -0.729. The Balaban J connectivity index is 0.000000804. The van der Waals surface area contributed by atoms with Gasteiger partial charge in [-0.25, -0.2) is 4.79 Å². The molecule has 2 fully saturated rings. The normalized spacial score (nSPS) is 31.3. The van der Waals surface area contributed by atoms with Gasteiger partial charge in [-0.05, 0) is 60.8 Å². The molecule has 0 radical (unpaired) electrons. The molecule has 0 bridgehead atoms. The van der Waals surface area contributed by atoms with Crippen molar-refractivity contribution >= 4 is 6.09 Å². The minimum Gasteiger partial charge on any atom is -0.493 e. The van der Waals surface area contributed by atoms with Gasteiger partial charge in [0.15, 0.2) is 17.6 Å². The Labute approximate surface area is 227 Å². The number of benzene rings is 1. The van der Waals surface area contributed by atoms with Crippen LogP contribution < -0.4 is 14.8 Å². The van der Waals surface area contributed by atoms with Crippen molar-refractivity contribution < 1.29 is 28.5 Å². The smallest absolute Gasteiger partial charge is 0.412 e. The second-order valence-electron chi connectivity index (χ2n) is 10.4. The third-order valence-electron chi connectivity index (χ3n) is 8.12. The number of carbonyl (C=O) groups is 1. The number of fused-ring (bicyclic) bond motifs is 1. The number of hydrogen-bond donors (Lipinski definition) is 1. The highest BCUT2D eigenvalue weighted by Gasteiger charge is 2.62. The summed E-state index contributed by atoms with van der Waals surface area (Å²) in [5.41, 5.74) is 2.37. The molecule has 5 unspecified atom stereocenters. The predicted octanol–water partition coefficient (Wildman–Crippen LogP) is 6.51. The monoisotopic (exact) mass is 527 g/mol. The van der Waals surface area contributed by atoms with Crippen molar-refractivity contribution in [2.45, 2.75) is 91.1 Å². The van der Waals surface area contributed by atoms with E-state index in [2.05, 4.69) is 31.3 Å². The molecule has 38 heavy (non-hydrogen) atoms. The second-order valence-corrected chi connectivity index (χ2v) is 10.4. The van der Waals surface area contributed by atoms with Gasteiger partial charge in [0.2, 0.25) is 5.79 Å². The van der Waals surface area contributed by atoms with Crippen LogP contribution in [0.2, 0.25) is 0 Å². The molecule has 1 spiro atoms. The lowest BCUT2D eigenvalue weighted by Gasteiger charge is -2.47. The van der Waals surface area contributed by atoms with Gasteiger partial charge in [-0.2, -0.15) is 0 Å². The standard InChI is InChI=1S/C27H33NO6.2C2H6/c1-15-4-6-18(13-16(2)12-15)33-26(29)28-20-14-17-5-7-21(30-3)24-22(17)23-19(20)8-9-27(25(23)34-24)31-10-11-32-27;2*1-2/h4-7,13,15-16,19-20,23,25H,8-12,14H2,1-3H3,(H,28,29);2*1-2H3/t15?,16?,19?,20?,23?,25-;;/m0../s1. The summed E-state index contributed by atoms with van der Waals surface area (Å²) < 4.78 is 30.2. The minimum absolute atomic E-state index is 0.0547. The van der Waals surface area contributed by atoms with Gasteiger partial charge in [-0.15, -0.1) is 0 Å². The molecule has 7 nitrogen and oxygen atoms in total. The van der Waals surface area contributed by atoms with Crippen molar-refractivity contribution in [2.75, 3.05) is 20.3 Å². The van der Waals surface area contributed by atoms with Crippen molar-refractivity contribution in [3.05, 3.63) is 47.2 Å². The highest BCUT2D eigenvalue weighted by molar-refractivity contribution is 5.70. The zero-order chi connectivity index (χ0) is 27.4. The summed E-state index contributed by atoms with van der Waals surface area (Å²) >= 11 is 0. The Kier molecular flexibility index (Phi) is 9.09. The number of ether oxygens (including phenoxy) is 5. The van der Waals surface area contributed by atoms with E-state index in [9.17, 15) is 4.79 Å². The summed E-state index contributed by atoms with van der Waals surface area (Å²) in [6, 6.07) is 3.99. The van der Waals surface area contributed by atoms with Crippen LogP contribution in [0.3, 0.4) is 0 Å². The number of methoxy groups -OCH3 is 1. The van der Waals surface area contributed by atoms with Crippen LogP contribution in [0, 0.1) is 17.8 Å². The molecule has 1 aromatic carbocycles. The molecule has 1 saturated heterocycles. The van der Waals surface area contributed by atoms with Crippen LogP contribution in [0.5, 0.6) is 11.5 Å². The van der Waals surface area contributed by atoms with E-state index < -0.39 is 11.9 Å². The first kappa shape index (κ1) is 28.5. The maximum absolute atomic E-state index is 13.0. The first-order chi connectivity index (χ1) is 18.5. The number of allylic oxidation sites excluding steroid dienone is 3. The molecule has 1 N–H and O–H groups in total. The van der Waals surface area contributed by atoms with Crippen LogP contribution in [-0.2, 0) is 20.6 Å². The lowest BCUT2D eigenvalue weighted by molar-refractivity contribution is -0.236. The lowest BCUT2D eigenvalue weighted by Crippen LogP contribution is -2.58. The first-order valence-corrected chi connectivity index (χ1v) is 14.5. The van der Waals surface area contributed by atoms with E-state index in [1.54, 1.807) is 7.11 Å². The molecule has 6 atom stereocenters. The Morgan fingerprint density at radius 2 is 1.82 bits per heavy atom. The van der Waals surface area contributed by atoms with E-state index in [1.165, 1.54) is 11.1 Å². The highest BCUT2D eigenvalue weighted by Crippen LogP contribution is 2.60. The largest absolute Gasteiger partial charge is 0.493 e. The van der Waals surface area contributed by atoms with Gasteiger partial charge in [-0.1, -0.05) is 53.7 Å². The van der Waals surface area contributed by atoms with Crippen LogP contribution in [-0.4, -0.2) is 44.3 Å². The Hall–Kier alpha value is -2.51. The average molecular weight is 528 g/mol. The highest BCUT2D eigenvalue weighted by atomic mass is 16.8. The van der Waals surface area contributed by atoms with Gasteiger partial charge in [-0.3, -0.25) is 0 Å². The number of carbonyl (C=O) groups excluding carboxylic acids is 1. The van der Waals surface area contributed by atoms with Crippen LogP contribution in [0.1, 0.15) is 77.8 Å². The molecular weight excluding hydrogens is 482 g/mol. The summed E-state index contributed by atoms with van der Waals surface area (Å²) in [4.78, 5) is 13.0. The molecule has 1 amide bonds. The van der Waals surface area contributed by atoms with E-state index in [1.807, 2.05) is 45.9 Å². The first-order valence-electron chi connectivity index (χ1n) is 14.5. The number of hydrogen-bond acceptors (Lipinski definition) is 6. The van der Waals surface area contributed by atoms with E-state index in [-0.39, 0.29) is 24.0 Å². The zero-order valence-corrected chi connectivity index (χ0v) is 24.0. The van der Waals surface area contributed by atoms with Crippen molar-refractivity contribution in [1.29, 1.82) is 0 Å². The molecular formula is C31H45NO6. The van der Waals surface area contributed by atoms with E-state index in [0.717, 1.165) is 37.2 Å². The van der Waals surface area contributed by atoms with E-state index in [4.69, 9.17) is 23.7 Å². The fourth-order valence-corrected chi connectivity index (χ4v) is 6.75. The van der Waals surface area contributed by atoms with Crippen molar-refractivity contribution in [2.24, 2.45) is 17.8 Å². The molecule has 1 saturated carbocycles. The molecule has 2 aliphatic heterocycles. The third kappa shape index (κ3) is 5.20. The van der Waals surface area contributed by atoms with Crippen molar-refractivity contribution in [1.82, 2.24) is 5.32 Å². The second kappa shape index (κ2) is 12.1. The predicted molar refractivity (Wildman–Crippen MR) is 147 cm³/mol. The molecule has 6 rings (SSSR count). The number of nitrogens with one attached hydrogen (secondary N) is 1. The van der Waals surface area contributed by atoms with Crippen LogP contribution >= 0.6 is 0 Å². The number of rotatable bonds is 3. The van der Waals surface area contributed by atoms with Crippen LogP contribution in [0.25, 0.3) is 0 Å². The van der Waals surface area contributed by atoms with Gasteiger partial charge in [0, 0.05) is 23.9 Å². The summed E-state index contributed by atoms with van der Waals surface area (Å²) in [5, 5.41) is 3.20. The van der Waals surface area contributed by atoms with Crippen LogP contribution in [0.4, 0.5) is 4.79 Å². The van der Waals surface area contributed by atoms with Crippen LogP contribution in [0.15, 0.2) is 36.1 Å². The summed E-state index contributed by atoms with van der Waals surface area (Å²) in [6.45, 7) is 13.5. The molecule has 0 aromatic heterocycles. The van der Waals surface area contributed by atoms with Crippen molar-refractivity contribution in [3.63, 3.8) is 0 Å². The summed E-state index contributed by atoms with van der Waals surface area (Å²) in [6.07, 6.45) is 8.80. The number of amides is 1. The molecule has 7 heteroatoms. The van der Waals surface area contributed by atoms with Gasteiger partial charge in [0.1, 0.15) is 5.76 Å². The fraction of sp³-hybridized carbons (Fsp3) is 0.645. The molecule has 2 heterocycles. The van der Waals surface area contributed by atoms with Crippen molar-refractivity contribution in [3.8, 4) is 11.5 Å². The Bertz CT molecular complexity index is 1040. The molecule has 1 aromatic rings.